The van der Waals surface area contributed by atoms with Crippen LogP contribution in [-0.4, -0.2) is 81.1 Å². The summed E-state index contributed by atoms with van der Waals surface area (Å²) in [5.74, 6) is -2.86. The fourth-order valence-corrected chi connectivity index (χ4v) is 11.4. The van der Waals surface area contributed by atoms with Crippen molar-refractivity contribution in [1.82, 2.24) is 9.80 Å². The molecule has 5 aliphatic rings. The van der Waals surface area contributed by atoms with E-state index in [0.717, 1.165) is 62.6 Å². The Labute approximate surface area is 306 Å². The number of rotatable bonds is 11. The van der Waals surface area contributed by atoms with Gasteiger partial charge in [0, 0.05) is 72.7 Å². The molecule has 2 saturated carbocycles. The number of piperidine rings is 2. The molecule has 6 atom stereocenters. The van der Waals surface area contributed by atoms with E-state index in [0.29, 0.717) is 63.1 Å². The van der Waals surface area contributed by atoms with E-state index in [2.05, 4.69) is 13.0 Å². The minimum absolute atomic E-state index is 0.153. The Morgan fingerprint density at radius 1 is 0.981 bits per heavy atom. The standard InChI is InChI=1S/C39H53F5N2O5S/c1-3-25-23-30-27(24-32(25)51-36(49)45-18-13-28(14-19-45)46-17-5-4-9-34(46)48)22-26(35-29(30)12-16-37(2)31(35)10-11-33(37)47)8-6-20-52(50)21-7-15-38(40,41)39(42,43)44/h23-24,26,28-29,31,35H,3-22H2,1-2H3/t26-,29-,31+,35-,37+,52?/m1/s1. The summed E-state index contributed by atoms with van der Waals surface area (Å²) in [7, 11) is -1.52. The van der Waals surface area contributed by atoms with E-state index in [1.165, 1.54) is 5.56 Å². The van der Waals surface area contributed by atoms with E-state index >= 15 is 0 Å². The van der Waals surface area contributed by atoms with Crippen LogP contribution in [-0.2, 0) is 33.2 Å². The first kappa shape index (κ1) is 39.1. The quantitative estimate of drug-likeness (QED) is 0.212. The van der Waals surface area contributed by atoms with Crippen LogP contribution in [0.25, 0.3) is 0 Å². The summed E-state index contributed by atoms with van der Waals surface area (Å²) in [6, 6.07) is 4.37. The molecule has 52 heavy (non-hydrogen) atoms. The molecule has 7 nitrogen and oxygen atoms in total. The van der Waals surface area contributed by atoms with Crippen LogP contribution < -0.4 is 4.74 Å². The lowest BCUT2D eigenvalue weighted by Gasteiger charge is -2.52. The first-order chi connectivity index (χ1) is 24.6. The molecule has 3 aliphatic carbocycles. The minimum Gasteiger partial charge on any atom is -0.410 e. The monoisotopic (exact) mass is 756 g/mol. The van der Waals surface area contributed by atoms with Gasteiger partial charge in [0.2, 0.25) is 5.91 Å². The van der Waals surface area contributed by atoms with Crippen molar-refractivity contribution in [1.29, 1.82) is 0 Å². The van der Waals surface area contributed by atoms with Crippen molar-refractivity contribution in [2.75, 3.05) is 31.1 Å². The highest BCUT2D eigenvalue weighted by Crippen LogP contribution is 2.62. The number of alkyl halides is 5. The number of ketones is 1. The van der Waals surface area contributed by atoms with Gasteiger partial charge in [0.05, 0.1) is 0 Å². The maximum absolute atomic E-state index is 13.5. The van der Waals surface area contributed by atoms with Gasteiger partial charge in [-0.05, 0) is 123 Å². The predicted molar refractivity (Wildman–Crippen MR) is 188 cm³/mol. The number of carbonyl (C=O) groups is 3. The van der Waals surface area contributed by atoms with Gasteiger partial charge < -0.3 is 14.5 Å². The Kier molecular flexibility index (Phi) is 11.8. The molecule has 2 amide bonds. The van der Waals surface area contributed by atoms with Crippen molar-refractivity contribution >= 4 is 28.6 Å². The number of nitrogens with zero attached hydrogens (tertiary/aromatic N) is 2. The molecule has 0 spiro atoms. The van der Waals surface area contributed by atoms with Gasteiger partial charge in [0.1, 0.15) is 11.5 Å². The van der Waals surface area contributed by atoms with Crippen LogP contribution in [0.2, 0.25) is 0 Å². The number of likely N-dealkylation sites (tertiary alicyclic amines) is 2. The lowest BCUT2D eigenvalue weighted by atomic mass is 9.52. The Morgan fingerprint density at radius 2 is 1.71 bits per heavy atom. The summed E-state index contributed by atoms with van der Waals surface area (Å²) in [5, 5.41) is 0. The number of amides is 2. The SMILES string of the molecule is CCc1cc2c(cc1OC(=O)N1CCC(N3CCCCC3=O)CC1)C[C@@H](CCCS(=O)CCCC(F)(F)C(F)(F)F)[C@@H]1[C@@H]2CC[C@]2(C)C(=O)CC[C@@H]12. The molecular weight excluding hydrogens is 703 g/mol. The summed E-state index contributed by atoms with van der Waals surface area (Å²) < 4.78 is 83.2. The van der Waals surface area contributed by atoms with Crippen molar-refractivity contribution < 1.29 is 45.3 Å². The molecule has 2 saturated heterocycles. The molecule has 2 heterocycles. The third kappa shape index (κ3) is 7.95. The number of aryl methyl sites for hydroxylation is 1. The summed E-state index contributed by atoms with van der Waals surface area (Å²) in [5.41, 5.74) is 2.94. The zero-order valence-electron chi connectivity index (χ0n) is 30.4. The number of ether oxygens (including phenoxy) is 1. The summed E-state index contributed by atoms with van der Waals surface area (Å²) >= 11 is 0. The molecule has 0 radical (unpaired) electrons. The van der Waals surface area contributed by atoms with Crippen molar-refractivity contribution in [2.24, 2.45) is 23.2 Å². The normalized spacial score (nSPS) is 29.1. The second-order valence-corrected chi connectivity index (χ2v) is 17.8. The van der Waals surface area contributed by atoms with E-state index < -0.39 is 41.8 Å². The first-order valence-electron chi connectivity index (χ1n) is 19.4. The smallest absolute Gasteiger partial charge is 0.410 e. The molecule has 1 aromatic rings. The number of carbonyl (C=O) groups excluding carboxylic acids is 3. The maximum atomic E-state index is 13.5. The molecule has 6 rings (SSSR count). The molecule has 1 aromatic carbocycles. The first-order valence-corrected chi connectivity index (χ1v) is 20.9. The van der Waals surface area contributed by atoms with Gasteiger partial charge in [-0.15, -0.1) is 0 Å². The molecule has 1 unspecified atom stereocenters. The zero-order valence-corrected chi connectivity index (χ0v) is 31.2. The molecule has 290 valence electrons. The number of Topliss-reactive ketones (excluding diaryl/α,β-unsaturated/α-hetero) is 1. The molecule has 0 N–H and O–H groups in total. The van der Waals surface area contributed by atoms with E-state index in [4.69, 9.17) is 4.74 Å². The Bertz CT molecular complexity index is 1530. The molecule has 13 heteroatoms. The fourth-order valence-electron chi connectivity index (χ4n) is 10.2. The van der Waals surface area contributed by atoms with Gasteiger partial charge in [0.15, 0.2) is 0 Å². The third-order valence-corrected chi connectivity index (χ3v) is 14.6. The summed E-state index contributed by atoms with van der Waals surface area (Å²) in [6.45, 7) is 5.98. The lowest BCUT2D eigenvalue weighted by molar-refractivity contribution is -0.284. The van der Waals surface area contributed by atoms with E-state index in [1.54, 1.807) is 4.90 Å². The van der Waals surface area contributed by atoms with Crippen LogP contribution in [0.3, 0.4) is 0 Å². The van der Waals surface area contributed by atoms with E-state index in [1.807, 2.05) is 17.9 Å². The average Bonchev–Trinajstić information content (AvgIpc) is 3.41. The number of benzene rings is 1. The second-order valence-electron chi connectivity index (χ2n) is 16.1. The highest BCUT2D eigenvalue weighted by atomic mass is 32.2. The predicted octanol–water partition coefficient (Wildman–Crippen LogP) is 8.38. The van der Waals surface area contributed by atoms with Crippen LogP contribution in [0, 0.1) is 23.2 Å². The molecule has 0 bridgehead atoms. The highest BCUT2D eigenvalue weighted by Gasteiger charge is 2.57. The highest BCUT2D eigenvalue weighted by molar-refractivity contribution is 7.84. The lowest BCUT2D eigenvalue weighted by Crippen LogP contribution is -2.50. The Morgan fingerprint density at radius 3 is 2.40 bits per heavy atom. The van der Waals surface area contributed by atoms with Crippen LogP contribution in [0.1, 0.15) is 120 Å². The zero-order chi connectivity index (χ0) is 37.4. The minimum atomic E-state index is -5.61. The van der Waals surface area contributed by atoms with Crippen LogP contribution in [0.5, 0.6) is 5.75 Å². The van der Waals surface area contributed by atoms with Gasteiger partial charge in [0.25, 0.3) is 0 Å². The topological polar surface area (TPSA) is 84.0 Å². The molecule has 2 aliphatic heterocycles. The van der Waals surface area contributed by atoms with Crippen molar-refractivity contribution in [2.45, 2.75) is 134 Å². The molecule has 0 aromatic heterocycles. The van der Waals surface area contributed by atoms with Gasteiger partial charge in [-0.25, -0.2) is 4.79 Å². The van der Waals surface area contributed by atoms with Crippen molar-refractivity contribution in [3.8, 4) is 5.75 Å². The van der Waals surface area contributed by atoms with Crippen molar-refractivity contribution in [3.63, 3.8) is 0 Å². The van der Waals surface area contributed by atoms with Crippen LogP contribution in [0.4, 0.5) is 26.7 Å². The number of fused-ring (bicyclic) bond motifs is 5. The summed E-state index contributed by atoms with van der Waals surface area (Å²) in [4.78, 5) is 42.8. The number of hydrogen-bond acceptors (Lipinski definition) is 5. The fraction of sp³-hybridized carbons (Fsp3) is 0.769. The van der Waals surface area contributed by atoms with Gasteiger partial charge >= 0.3 is 18.2 Å². The Hall–Kier alpha value is -2.57. The largest absolute Gasteiger partial charge is 0.453 e. The van der Waals surface area contributed by atoms with Gasteiger partial charge in [-0.3, -0.25) is 13.8 Å². The van der Waals surface area contributed by atoms with Gasteiger partial charge in [-0.2, -0.15) is 22.0 Å². The molecule has 4 fully saturated rings. The van der Waals surface area contributed by atoms with Crippen LogP contribution >= 0.6 is 0 Å². The van der Waals surface area contributed by atoms with Crippen molar-refractivity contribution in [3.05, 3.63) is 28.8 Å². The van der Waals surface area contributed by atoms with E-state index in [-0.39, 0.29) is 52.5 Å². The second kappa shape index (κ2) is 15.7. The van der Waals surface area contributed by atoms with E-state index in [9.17, 15) is 40.5 Å². The average molecular weight is 757 g/mol. The number of hydrogen-bond donors (Lipinski definition) is 0. The Balaban J connectivity index is 1.14. The maximum Gasteiger partial charge on any atom is 0.453 e. The number of halogens is 5. The third-order valence-electron chi connectivity index (χ3n) is 13.1. The van der Waals surface area contributed by atoms with Gasteiger partial charge in [-0.1, -0.05) is 19.9 Å². The molecular formula is C39H53F5N2O5S. The van der Waals surface area contributed by atoms with Crippen LogP contribution in [0.15, 0.2) is 12.1 Å². The summed E-state index contributed by atoms with van der Waals surface area (Å²) in [6.07, 6.45) is 1.85.